The number of non-ortho nitro benzene ring substituents is 2. The van der Waals surface area contributed by atoms with Crippen molar-refractivity contribution < 1.29 is 14.6 Å². The predicted molar refractivity (Wildman–Crippen MR) is 105 cm³/mol. The number of amides is 1. The number of thiazole rings is 1. The summed E-state index contributed by atoms with van der Waals surface area (Å²) in [5.74, 6) is -0.533. The Morgan fingerprint density at radius 2 is 1.86 bits per heavy atom. The topological polar surface area (TPSA) is 121 Å². The highest BCUT2D eigenvalue weighted by atomic mass is 32.1. The minimum Gasteiger partial charge on any atom is -0.316 e. The summed E-state index contributed by atoms with van der Waals surface area (Å²) in [6, 6.07) is 10.4. The Hall–Kier alpha value is -3.66. The summed E-state index contributed by atoms with van der Waals surface area (Å²) in [5.41, 5.74) is 1.04. The fraction of sp³-hybridized carbons (Fsp3) is 0.111. The summed E-state index contributed by atoms with van der Waals surface area (Å²) in [6.45, 7) is 2.34. The van der Waals surface area contributed by atoms with E-state index >= 15 is 0 Å². The maximum atomic E-state index is 12.2. The lowest BCUT2D eigenvalue weighted by molar-refractivity contribution is -0.385. The van der Waals surface area contributed by atoms with E-state index in [1.165, 1.54) is 53.8 Å². The van der Waals surface area contributed by atoms with Gasteiger partial charge in [0.25, 0.3) is 17.3 Å². The number of benzene rings is 2. The van der Waals surface area contributed by atoms with E-state index in [2.05, 4.69) is 4.99 Å². The normalized spacial score (nSPS) is 12.0. The van der Waals surface area contributed by atoms with Crippen LogP contribution in [0.5, 0.6) is 0 Å². The number of nitro groups is 2. The van der Waals surface area contributed by atoms with Crippen LogP contribution in [0.4, 0.5) is 11.4 Å². The number of hydrogen-bond acceptors (Lipinski definition) is 6. The van der Waals surface area contributed by atoms with Crippen LogP contribution in [-0.2, 0) is 11.3 Å². The molecular weight excluding hydrogens is 384 g/mol. The minimum atomic E-state index is -0.533. The molecule has 0 aliphatic heterocycles. The van der Waals surface area contributed by atoms with Crippen molar-refractivity contribution in [1.82, 2.24) is 4.57 Å². The number of fused-ring (bicyclic) bond motifs is 1. The summed E-state index contributed by atoms with van der Waals surface area (Å²) in [6.07, 6.45) is 2.68. The first-order chi connectivity index (χ1) is 13.4. The second-order valence-electron chi connectivity index (χ2n) is 5.67. The van der Waals surface area contributed by atoms with Gasteiger partial charge in [-0.3, -0.25) is 25.0 Å². The van der Waals surface area contributed by atoms with Gasteiger partial charge < -0.3 is 4.57 Å². The fourth-order valence-corrected chi connectivity index (χ4v) is 3.68. The molecule has 0 saturated heterocycles. The van der Waals surface area contributed by atoms with Crippen LogP contribution in [0.3, 0.4) is 0 Å². The summed E-state index contributed by atoms with van der Waals surface area (Å²) < 4.78 is 2.51. The third-order valence-corrected chi connectivity index (χ3v) is 4.96. The number of rotatable bonds is 5. The molecule has 0 fully saturated rings. The first kappa shape index (κ1) is 19.1. The molecule has 0 N–H and O–H groups in total. The van der Waals surface area contributed by atoms with Gasteiger partial charge in [0.05, 0.1) is 20.1 Å². The van der Waals surface area contributed by atoms with Crippen molar-refractivity contribution in [1.29, 1.82) is 0 Å². The fourth-order valence-electron chi connectivity index (χ4n) is 2.60. The van der Waals surface area contributed by atoms with Gasteiger partial charge >= 0.3 is 0 Å². The van der Waals surface area contributed by atoms with E-state index in [9.17, 15) is 25.0 Å². The molecule has 28 heavy (non-hydrogen) atoms. The number of aryl methyl sites for hydroxylation is 1. The highest BCUT2D eigenvalue weighted by Gasteiger charge is 2.12. The molecule has 0 saturated carbocycles. The molecule has 2 aromatic carbocycles. The number of nitro benzene ring substituents is 2. The standard InChI is InChI=1S/C18H14N4O5S/c1-2-20-15-11-14(22(26)27)7-8-16(15)28-18(20)19-17(23)9-6-12-4-3-5-13(10-12)21(24)25/h3-11H,2H2,1H3/b9-6+,19-18?. The van der Waals surface area contributed by atoms with Crippen molar-refractivity contribution in [2.24, 2.45) is 4.99 Å². The Morgan fingerprint density at radius 1 is 1.14 bits per heavy atom. The Bertz CT molecular complexity index is 1190. The number of carbonyl (C=O) groups is 1. The molecule has 0 aliphatic carbocycles. The van der Waals surface area contributed by atoms with Crippen molar-refractivity contribution in [3.05, 3.63) is 79.1 Å². The number of nitrogens with zero attached hydrogens (tertiary/aromatic N) is 4. The van der Waals surface area contributed by atoms with Crippen LogP contribution in [0.2, 0.25) is 0 Å². The van der Waals surface area contributed by atoms with Gasteiger partial charge in [0.2, 0.25) is 0 Å². The molecule has 0 spiro atoms. The molecule has 1 heterocycles. The van der Waals surface area contributed by atoms with Crippen LogP contribution >= 0.6 is 11.3 Å². The molecule has 0 aliphatic rings. The molecule has 9 nitrogen and oxygen atoms in total. The first-order valence-electron chi connectivity index (χ1n) is 8.18. The van der Waals surface area contributed by atoms with Crippen molar-refractivity contribution in [3.63, 3.8) is 0 Å². The van der Waals surface area contributed by atoms with E-state index in [4.69, 9.17) is 0 Å². The van der Waals surface area contributed by atoms with E-state index < -0.39 is 15.8 Å². The Labute approximate surface area is 162 Å². The smallest absolute Gasteiger partial charge is 0.272 e. The number of hydrogen-bond donors (Lipinski definition) is 0. The van der Waals surface area contributed by atoms with E-state index in [1.54, 1.807) is 16.7 Å². The van der Waals surface area contributed by atoms with Crippen LogP contribution in [-0.4, -0.2) is 20.3 Å². The molecule has 0 radical (unpaired) electrons. The second-order valence-corrected chi connectivity index (χ2v) is 6.68. The van der Waals surface area contributed by atoms with Crippen LogP contribution < -0.4 is 4.80 Å². The number of carbonyl (C=O) groups excluding carboxylic acids is 1. The molecule has 0 atom stereocenters. The summed E-state index contributed by atoms with van der Waals surface area (Å²) in [5, 5.41) is 21.8. The predicted octanol–water partition coefficient (Wildman–Crippen LogP) is 3.68. The zero-order chi connectivity index (χ0) is 20.3. The zero-order valence-corrected chi connectivity index (χ0v) is 15.5. The maximum Gasteiger partial charge on any atom is 0.272 e. The van der Waals surface area contributed by atoms with Crippen molar-refractivity contribution in [3.8, 4) is 0 Å². The molecule has 1 aromatic heterocycles. The molecular formula is C18H14N4O5S. The van der Waals surface area contributed by atoms with Gasteiger partial charge in [0.15, 0.2) is 4.80 Å². The average molecular weight is 398 g/mol. The van der Waals surface area contributed by atoms with Crippen LogP contribution in [0.1, 0.15) is 12.5 Å². The summed E-state index contributed by atoms with van der Waals surface area (Å²) in [7, 11) is 0. The molecule has 10 heteroatoms. The van der Waals surface area contributed by atoms with Gasteiger partial charge in [0.1, 0.15) is 0 Å². The van der Waals surface area contributed by atoms with E-state index in [-0.39, 0.29) is 11.4 Å². The van der Waals surface area contributed by atoms with Crippen LogP contribution in [0.25, 0.3) is 16.3 Å². The second kappa shape index (κ2) is 7.92. The van der Waals surface area contributed by atoms with Crippen LogP contribution in [0, 0.1) is 20.2 Å². The van der Waals surface area contributed by atoms with Crippen molar-refractivity contribution in [2.45, 2.75) is 13.5 Å². The largest absolute Gasteiger partial charge is 0.316 e. The highest BCUT2D eigenvalue weighted by Crippen LogP contribution is 2.23. The SMILES string of the molecule is CCn1c(=NC(=O)/C=C/c2cccc([N+](=O)[O-])c2)sc2ccc([N+](=O)[O-])cc21. The van der Waals surface area contributed by atoms with E-state index in [0.717, 1.165) is 4.70 Å². The van der Waals surface area contributed by atoms with Gasteiger partial charge in [-0.25, -0.2) is 0 Å². The zero-order valence-electron chi connectivity index (χ0n) is 14.6. The van der Waals surface area contributed by atoms with Crippen LogP contribution in [0.15, 0.2) is 53.5 Å². The van der Waals surface area contributed by atoms with E-state index in [0.29, 0.717) is 22.4 Å². The molecule has 1 amide bonds. The third-order valence-electron chi connectivity index (χ3n) is 3.90. The quantitative estimate of drug-likeness (QED) is 0.369. The average Bonchev–Trinajstić information content (AvgIpc) is 3.02. The van der Waals surface area contributed by atoms with Gasteiger partial charge in [-0.1, -0.05) is 23.5 Å². The molecule has 3 aromatic rings. The minimum absolute atomic E-state index is 0.0315. The lowest BCUT2D eigenvalue weighted by Crippen LogP contribution is -2.15. The first-order valence-corrected chi connectivity index (χ1v) is 8.99. The monoisotopic (exact) mass is 398 g/mol. The van der Waals surface area contributed by atoms with Crippen molar-refractivity contribution in [2.75, 3.05) is 0 Å². The molecule has 3 rings (SSSR count). The Morgan fingerprint density at radius 3 is 2.54 bits per heavy atom. The number of aromatic nitrogens is 1. The lowest BCUT2D eigenvalue weighted by Gasteiger charge is -1.99. The maximum absolute atomic E-state index is 12.2. The highest BCUT2D eigenvalue weighted by molar-refractivity contribution is 7.16. The molecule has 0 bridgehead atoms. The Kier molecular flexibility index (Phi) is 5.41. The molecule has 0 unspecified atom stereocenters. The van der Waals surface area contributed by atoms with Crippen molar-refractivity contribution >= 4 is 44.9 Å². The van der Waals surface area contributed by atoms with Gasteiger partial charge in [-0.2, -0.15) is 4.99 Å². The summed E-state index contributed by atoms with van der Waals surface area (Å²) >= 11 is 1.25. The van der Waals surface area contributed by atoms with Gasteiger partial charge in [-0.15, -0.1) is 0 Å². The molecule has 142 valence electrons. The third kappa shape index (κ3) is 4.01. The Balaban J connectivity index is 1.95. The van der Waals surface area contributed by atoms with Gasteiger partial charge in [0, 0.05) is 36.9 Å². The van der Waals surface area contributed by atoms with E-state index in [1.807, 2.05) is 6.92 Å². The summed E-state index contributed by atoms with van der Waals surface area (Å²) in [4.78, 5) is 37.5. The van der Waals surface area contributed by atoms with Gasteiger partial charge in [-0.05, 0) is 24.6 Å². The lowest BCUT2D eigenvalue weighted by atomic mass is 10.2.